The minimum Gasteiger partial charge on any atom is -0.493 e. The molecule has 4 rings (SSSR count). The normalized spacial score (nSPS) is 14.0. The molecule has 38 heavy (non-hydrogen) atoms. The average molecular weight is 646 g/mol. The SMILES string of the molecule is CCc1ccccc1NC(=O)CN1C(=O)N/C(=C\c2cc(I)c(OCc3ccc(Cl)cc3)c(OC)c2)C1=O. The third-order valence-corrected chi connectivity index (χ3v) is 6.85. The fraction of sp³-hybridized carbons (Fsp3) is 0.179. The van der Waals surface area contributed by atoms with Crippen molar-refractivity contribution in [1.82, 2.24) is 10.2 Å². The summed E-state index contributed by atoms with van der Waals surface area (Å²) in [6.45, 7) is 1.89. The minimum absolute atomic E-state index is 0.0597. The molecule has 0 atom stereocenters. The van der Waals surface area contributed by atoms with E-state index in [-0.39, 0.29) is 5.70 Å². The molecule has 1 fully saturated rings. The van der Waals surface area contributed by atoms with E-state index in [4.69, 9.17) is 21.1 Å². The van der Waals surface area contributed by atoms with Crippen LogP contribution in [0.1, 0.15) is 23.6 Å². The topological polar surface area (TPSA) is 97.0 Å². The number of carbonyl (C=O) groups is 3. The van der Waals surface area contributed by atoms with Crippen molar-refractivity contribution in [2.45, 2.75) is 20.0 Å². The summed E-state index contributed by atoms with van der Waals surface area (Å²) in [5.41, 5.74) is 3.24. The predicted molar refractivity (Wildman–Crippen MR) is 154 cm³/mol. The zero-order valence-electron chi connectivity index (χ0n) is 20.7. The van der Waals surface area contributed by atoms with Crippen LogP contribution in [0, 0.1) is 3.57 Å². The first-order valence-electron chi connectivity index (χ1n) is 11.8. The van der Waals surface area contributed by atoms with E-state index in [1.807, 2.05) is 43.3 Å². The predicted octanol–water partition coefficient (Wildman–Crippen LogP) is 5.63. The Morgan fingerprint density at radius 2 is 1.87 bits per heavy atom. The quantitative estimate of drug-likeness (QED) is 0.179. The molecule has 4 amide bonds. The molecule has 0 unspecified atom stereocenters. The molecule has 0 spiro atoms. The highest BCUT2D eigenvalue weighted by atomic mass is 127. The van der Waals surface area contributed by atoms with Crippen molar-refractivity contribution >= 4 is 63.8 Å². The van der Waals surface area contributed by atoms with Crippen LogP contribution in [0.2, 0.25) is 5.02 Å². The molecule has 3 aromatic rings. The Hall–Kier alpha value is -3.57. The van der Waals surface area contributed by atoms with Gasteiger partial charge >= 0.3 is 6.03 Å². The van der Waals surface area contributed by atoms with Crippen LogP contribution in [0.15, 0.2) is 66.4 Å². The zero-order chi connectivity index (χ0) is 27.2. The number of hydrogen-bond acceptors (Lipinski definition) is 5. The van der Waals surface area contributed by atoms with Gasteiger partial charge < -0.3 is 20.1 Å². The Balaban J connectivity index is 1.47. The summed E-state index contributed by atoms with van der Waals surface area (Å²) in [5, 5.41) is 5.98. The number of anilines is 1. The molecule has 0 radical (unpaired) electrons. The van der Waals surface area contributed by atoms with E-state index < -0.39 is 24.4 Å². The van der Waals surface area contributed by atoms with Gasteiger partial charge in [-0.3, -0.25) is 9.59 Å². The van der Waals surface area contributed by atoms with Crippen LogP contribution in [0.3, 0.4) is 0 Å². The molecular formula is C28H25ClIN3O5. The first-order chi connectivity index (χ1) is 18.3. The highest BCUT2D eigenvalue weighted by molar-refractivity contribution is 14.1. The number of ether oxygens (including phenoxy) is 2. The van der Waals surface area contributed by atoms with Gasteiger partial charge in [-0.25, -0.2) is 9.69 Å². The summed E-state index contributed by atoms with van der Waals surface area (Å²) in [6.07, 6.45) is 2.28. The Kier molecular flexibility index (Phi) is 8.90. The fourth-order valence-corrected chi connectivity index (χ4v) is 4.77. The van der Waals surface area contributed by atoms with Crippen molar-refractivity contribution in [3.05, 3.63) is 91.6 Å². The van der Waals surface area contributed by atoms with Crippen LogP contribution in [-0.4, -0.2) is 36.4 Å². The molecule has 0 aliphatic carbocycles. The van der Waals surface area contributed by atoms with Crippen molar-refractivity contribution in [3.63, 3.8) is 0 Å². The Morgan fingerprint density at radius 1 is 1.13 bits per heavy atom. The second kappa shape index (κ2) is 12.3. The van der Waals surface area contributed by atoms with Crippen molar-refractivity contribution in [1.29, 1.82) is 0 Å². The molecule has 10 heteroatoms. The number of rotatable bonds is 9. The van der Waals surface area contributed by atoms with Gasteiger partial charge in [-0.1, -0.05) is 48.9 Å². The van der Waals surface area contributed by atoms with Crippen molar-refractivity contribution in [2.24, 2.45) is 0 Å². The van der Waals surface area contributed by atoms with Gasteiger partial charge in [-0.05, 0) is 82.1 Å². The lowest BCUT2D eigenvalue weighted by molar-refractivity contribution is -0.127. The molecular weight excluding hydrogens is 621 g/mol. The molecule has 3 aromatic carbocycles. The highest BCUT2D eigenvalue weighted by Crippen LogP contribution is 2.35. The maximum Gasteiger partial charge on any atom is 0.329 e. The van der Waals surface area contributed by atoms with Crippen LogP contribution >= 0.6 is 34.2 Å². The van der Waals surface area contributed by atoms with Gasteiger partial charge in [0.1, 0.15) is 18.8 Å². The van der Waals surface area contributed by atoms with Crippen molar-refractivity contribution in [2.75, 3.05) is 19.0 Å². The van der Waals surface area contributed by atoms with Crippen molar-refractivity contribution in [3.8, 4) is 11.5 Å². The summed E-state index contributed by atoms with van der Waals surface area (Å²) in [5.74, 6) is -0.0297. The summed E-state index contributed by atoms with van der Waals surface area (Å²) in [4.78, 5) is 38.9. The van der Waals surface area contributed by atoms with E-state index in [2.05, 4.69) is 33.2 Å². The number of nitrogens with one attached hydrogen (secondary N) is 2. The third-order valence-electron chi connectivity index (χ3n) is 5.80. The molecule has 8 nitrogen and oxygen atoms in total. The lowest BCUT2D eigenvalue weighted by Crippen LogP contribution is -2.38. The zero-order valence-corrected chi connectivity index (χ0v) is 23.6. The summed E-state index contributed by atoms with van der Waals surface area (Å²) in [7, 11) is 1.52. The molecule has 0 bridgehead atoms. The fourth-order valence-electron chi connectivity index (χ4n) is 3.87. The number of para-hydroxylation sites is 1. The van der Waals surface area contributed by atoms with Crippen molar-refractivity contribution < 1.29 is 23.9 Å². The van der Waals surface area contributed by atoms with E-state index in [1.165, 1.54) is 13.2 Å². The second-order valence-corrected chi connectivity index (χ2v) is 9.99. The Morgan fingerprint density at radius 3 is 2.58 bits per heavy atom. The van der Waals surface area contributed by atoms with Gasteiger partial charge in [0.15, 0.2) is 11.5 Å². The standard InChI is InChI=1S/C28H25ClIN3O5/c1-3-19-6-4-5-7-22(19)31-25(34)15-33-27(35)23(32-28(33)36)13-18-12-21(30)26(24(14-18)37-2)38-16-17-8-10-20(29)11-9-17/h4-14H,3,15-16H2,1-2H3,(H,31,34)(H,32,36)/b23-13-. The largest absolute Gasteiger partial charge is 0.493 e. The maximum absolute atomic E-state index is 12.9. The number of benzene rings is 3. The highest BCUT2D eigenvalue weighted by Gasteiger charge is 2.35. The van der Waals surface area contributed by atoms with Crippen LogP contribution < -0.4 is 20.1 Å². The molecule has 0 aromatic heterocycles. The lowest BCUT2D eigenvalue weighted by Gasteiger charge is -2.14. The second-order valence-electron chi connectivity index (χ2n) is 8.39. The van der Waals surface area contributed by atoms with E-state index in [0.29, 0.717) is 34.4 Å². The number of aryl methyl sites for hydroxylation is 1. The van der Waals surface area contributed by atoms with Crippen LogP contribution in [0.25, 0.3) is 6.08 Å². The van der Waals surface area contributed by atoms with E-state index >= 15 is 0 Å². The summed E-state index contributed by atoms with van der Waals surface area (Å²) in [6, 6.07) is 17.6. The molecule has 0 saturated carbocycles. The number of carbonyl (C=O) groups excluding carboxylic acids is 3. The number of imide groups is 1. The maximum atomic E-state index is 12.9. The van der Waals surface area contributed by atoms with Gasteiger partial charge in [0.2, 0.25) is 5.91 Å². The molecule has 196 valence electrons. The minimum atomic E-state index is -0.662. The third kappa shape index (κ3) is 6.46. The van der Waals surface area contributed by atoms with E-state index in [1.54, 1.807) is 24.3 Å². The average Bonchev–Trinajstić information content (AvgIpc) is 3.16. The summed E-state index contributed by atoms with van der Waals surface area (Å²) >= 11 is 8.07. The van der Waals surface area contributed by atoms with Gasteiger partial charge in [-0.15, -0.1) is 0 Å². The number of nitrogens with zero attached hydrogens (tertiary/aromatic N) is 1. The smallest absolute Gasteiger partial charge is 0.329 e. The van der Waals surface area contributed by atoms with E-state index in [0.717, 1.165) is 26.0 Å². The van der Waals surface area contributed by atoms with Crippen LogP contribution in [0.5, 0.6) is 11.5 Å². The first-order valence-corrected chi connectivity index (χ1v) is 13.2. The number of halogens is 2. The molecule has 1 saturated heterocycles. The number of hydrogen-bond donors (Lipinski definition) is 2. The van der Waals surface area contributed by atoms with Crippen LogP contribution in [-0.2, 0) is 22.6 Å². The summed E-state index contributed by atoms with van der Waals surface area (Å²) < 4.78 is 12.3. The van der Waals surface area contributed by atoms with E-state index in [9.17, 15) is 14.4 Å². The van der Waals surface area contributed by atoms with Crippen LogP contribution in [0.4, 0.5) is 10.5 Å². The Labute approximate surface area is 239 Å². The Bertz CT molecular complexity index is 1410. The number of amides is 4. The molecule has 1 heterocycles. The van der Waals surface area contributed by atoms with Gasteiger partial charge in [0, 0.05) is 10.7 Å². The van der Waals surface area contributed by atoms with Gasteiger partial charge in [-0.2, -0.15) is 0 Å². The number of methoxy groups -OCH3 is 1. The molecule has 2 N–H and O–H groups in total. The van der Waals surface area contributed by atoms with Gasteiger partial charge in [0.05, 0.1) is 10.7 Å². The van der Waals surface area contributed by atoms with Gasteiger partial charge in [0.25, 0.3) is 5.91 Å². The lowest BCUT2D eigenvalue weighted by atomic mass is 10.1. The molecule has 1 aliphatic heterocycles. The monoisotopic (exact) mass is 645 g/mol. The molecule has 1 aliphatic rings. The number of urea groups is 1. The first kappa shape index (κ1) is 27.5.